The van der Waals surface area contributed by atoms with Crippen LogP contribution in [-0.4, -0.2) is 40.1 Å². The Morgan fingerprint density at radius 2 is 1.73 bits per heavy atom. The van der Waals surface area contributed by atoms with Gasteiger partial charge in [-0.3, -0.25) is 19.3 Å². The Morgan fingerprint density at radius 3 is 2.35 bits per heavy atom. The Morgan fingerprint density at radius 1 is 1.08 bits per heavy atom. The third-order valence-electron chi connectivity index (χ3n) is 5.75. The summed E-state index contributed by atoms with van der Waals surface area (Å²) in [7, 11) is 0. The molecule has 0 N–H and O–H groups in total. The number of aryl methyl sites for hydroxylation is 1. The van der Waals surface area contributed by atoms with E-state index < -0.39 is 23.4 Å². The molecule has 5 nitrogen and oxygen atoms in total. The number of fused-ring (bicyclic) bond motifs is 5. The van der Waals surface area contributed by atoms with Crippen molar-refractivity contribution in [2.75, 3.05) is 4.90 Å². The molecular formula is C21H24N2O3. The molecule has 3 aliphatic rings. The normalized spacial score (nSPS) is 29.7. The van der Waals surface area contributed by atoms with E-state index in [1.807, 2.05) is 56.9 Å². The van der Waals surface area contributed by atoms with Crippen molar-refractivity contribution < 1.29 is 14.4 Å². The largest absolute Gasteiger partial charge is 0.353 e. The molecule has 1 aromatic carbocycles. The second-order valence-electron chi connectivity index (χ2n) is 8.61. The van der Waals surface area contributed by atoms with Gasteiger partial charge >= 0.3 is 0 Å². The zero-order valence-corrected chi connectivity index (χ0v) is 15.8. The van der Waals surface area contributed by atoms with E-state index in [1.54, 1.807) is 0 Å². The molecule has 3 heterocycles. The van der Waals surface area contributed by atoms with E-state index in [2.05, 4.69) is 6.07 Å². The summed E-state index contributed by atoms with van der Waals surface area (Å²) in [5.41, 5.74) is 2.51. The smallest absolute Gasteiger partial charge is 0.236 e. The summed E-state index contributed by atoms with van der Waals surface area (Å²) in [6.07, 6.45) is 4.00. The number of amides is 2. The van der Waals surface area contributed by atoms with Crippen LogP contribution < -0.4 is 4.90 Å². The van der Waals surface area contributed by atoms with Gasteiger partial charge in [0.1, 0.15) is 6.04 Å². The molecule has 26 heavy (non-hydrogen) atoms. The van der Waals surface area contributed by atoms with E-state index in [1.165, 1.54) is 11.8 Å². The monoisotopic (exact) mass is 352 g/mol. The predicted molar refractivity (Wildman–Crippen MR) is 99.5 cm³/mol. The van der Waals surface area contributed by atoms with Crippen molar-refractivity contribution in [3.05, 3.63) is 35.4 Å². The van der Waals surface area contributed by atoms with Crippen molar-refractivity contribution >= 4 is 29.4 Å². The number of nitrogens with zero attached hydrogens (tertiary/aromatic N) is 2. The maximum absolute atomic E-state index is 13.2. The van der Waals surface area contributed by atoms with Gasteiger partial charge in [0, 0.05) is 11.2 Å². The minimum absolute atomic E-state index is 0.0683. The summed E-state index contributed by atoms with van der Waals surface area (Å²) in [6, 6.07) is 5.21. The van der Waals surface area contributed by atoms with E-state index in [0.717, 1.165) is 16.8 Å². The quantitative estimate of drug-likeness (QED) is 0.729. The average molecular weight is 352 g/mol. The van der Waals surface area contributed by atoms with Gasteiger partial charge in [-0.1, -0.05) is 23.8 Å². The molecule has 0 spiro atoms. The zero-order chi connectivity index (χ0) is 19.0. The molecular weight excluding hydrogens is 328 g/mol. The minimum Gasteiger partial charge on any atom is -0.353 e. The lowest BCUT2D eigenvalue weighted by Crippen LogP contribution is -2.52. The molecule has 0 aromatic heterocycles. The first-order chi connectivity index (χ1) is 12.1. The maximum Gasteiger partial charge on any atom is 0.236 e. The standard InChI is InChI=1S/C21H24N2O3/c1-11-6-8-14-13(10-11)7-9-15-16-17(18(12(2)24)22(14)15)20(26)23(19(16)25)21(3,4)5/h6-10,15-18H,1-5H3/t15-,16-,17-,18-/m1/s1. The van der Waals surface area contributed by atoms with Crippen LogP contribution in [0.15, 0.2) is 24.3 Å². The van der Waals surface area contributed by atoms with Gasteiger partial charge in [0.25, 0.3) is 0 Å². The van der Waals surface area contributed by atoms with E-state index in [4.69, 9.17) is 0 Å². The third kappa shape index (κ3) is 2.12. The van der Waals surface area contributed by atoms with Crippen molar-refractivity contribution in [1.29, 1.82) is 0 Å². The second kappa shape index (κ2) is 5.29. The van der Waals surface area contributed by atoms with E-state index in [0.29, 0.717) is 0 Å². The van der Waals surface area contributed by atoms with Crippen LogP contribution in [0.4, 0.5) is 5.69 Å². The van der Waals surface area contributed by atoms with Crippen LogP contribution in [0, 0.1) is 18.8 Å². The first kappa shape index (κ1) is 17.0. The Bertz CT molecular complexity index is 864. The molecule has 2 fully saturated rings. The van der Waals surface area contributed by atoms with Crippen molar-refractivity contribution in [2.24, 2.45) is 11.8 Å². The van der Waals surface area contributed by atoms with Crippen molar-refractivity contribution in [2.45, 2.75) is 52.2 Å². The number of hydrogen-bond donors (Lipinski definition) is 0. The van der Waals surface area contributed by atoms with Gasteiger partial charge < -0.3 is 4.90 Å². The number of anilines is 1. The summed E-state index contributed by atoms with van der Waals surface area (Å²) in [6.45, 7) is 9.13. The van der Waals surface area contributed by atoms with E-state index >= 15 is 0 Å². The molecule has 5 heteroatoms. The Balaban J connectivity index is 1.86. The lowest BCUT2D eigenvalue weighted by molar-refractivity contribution is -0.146. The topological polar surface area (TPSA) is 57.7 Å². The number of rotatable bonds is 1. The molecule has 4 atom stereocenters. The van der Waals surface area contributed by atoms with E-state index in [9.17, 15) is 14.4 Å². The molecule has 0 radical (unpaired) electrons. The first-order valence-electron chi connectivity index (χ1n) is 9.08. The number of Topliss-reactive ketones (excluding diaryl/α,β-unsaturated/α-hetero) is 1. The van der Waals surface area contributed by atoms with Crippen LogP contribution in [0.25, 0.3) is 6.08 Å². The summed E-state index contributed by atoms with van der Waals surface area (Å²) in [5, 5.41) is 0. The molecule has 0 unspecified atom stereocenters. The number of benzene rings is 1. The third-order valence-corrected chi connectivity index (χ3v) is 5.75. The van der Waals surface area contributed by atoms with Gasteiger partial charge in [-0.2, -0.15) is 0 Å². The van der Waals surface area contributed by atoms with Gasteiger partial charge in [0.15, 0.2) is 5.78 Å². The van der Waals surface area contributed by atoms with Gasteiger partial charge in [0.05, 0.1) is 17.9 Å². The maximum atomic E-state index is 13.2. The lowest BCUT2D eigenvalue weighted by Gasteiger charge is -2.38. The van der Waals surface area contributed by atoms with Gasteiger partial charge in [-0.25, -0.2) is 0 Å². The highest BCUT2D eigenvalue weighted by Crippen LogP contribution is 2.49. The number of imide groups is 1. The number of carbonyl (C=O) groups is 3. The van der Waals surface area contributed by atoms with Crippen molar-refractivity contribution in [1.82, 2.24) is 4.90 Å². The summed E-state index contributed by atoms with van der Waals surface area (Å²) in [4.78, 5) is 42.3. The zero-order valence-electron chi connectivity index (χ0n) is 15.8. The summed E-state index contributed by atoms with van der Waals surface area (Å²) < 4.78 is 0. The van der Waals surface area contributed by atoms with Gasteiger partial charge in [-0.05, 0) is 52.3 Å². The Hall–Kier alpha value is -2.43. The SMILES string of the molecule is CC(=O)[C@@H]1[C@@H]2C(=O)N(C(C)(C)C)C(=O)[C@@H]2[C@H]2C=Cc3cc(C)ccc3N21. The van der Waals surface area contributed by atoms with E-state index in [-0.39, 0.29) is 23.6 Å². The van der Waals surface area contributed by atoms with Crippen LogP contribution >= 0.6 is 0 Å². The molecule has 136 valence electrons. The fourth-order valence-corrected chi connectivity index (χ4v) is 4.81. The molecule has 4 rings (SSSR count). The van der Waals surface area contributed by atoms with Gasteiger partial charge in [0.2, 0.25) is 11.8 Å². The average Bonchev–Trinajstić information content (AvgIpc) is 3.00. The molecule has 0 saturated carbocycles. The fourth-order valence-electron chi connectivity index (χ4n) is 4.81. The lowest BCUT2D eigenvalue weighted by atomic mass is 9.88. The minimum atomic E-state index is -0.610. The van der Waals surface area contributed by atoms with Crippen LogP contribution in [-0.2, 0) is 14.4 Å². The molecule has 2 amide bonds. The molecule has 0 bridgehead atoms. The predicted octanol–water partition coefficient (Wildman–Crippen LogP) is 2.57. The highest BCUT2D eigenvalue weighted by molar-refractivity contribution is 6.11. The molecule has 3 aliphatic heterocycles. The molecule has 2 saturated heterocycles. The van der Waals surface area contributed by atoms with Crippen LogP contribution in [0.3, 0.4) is 0 Å². The fraction of sp³-hybridized carbons (Fsp3) is 0.476. The van der Waals surface area contributed by atoms with Gasteiger partial charge in [-0.15, -0.1) is 0 Å². The van der Waals surface area contributed by atoms with Crippen LogP contribution in [0.2, 0.25) is 0 Å². The summed E-state index contributed by atoms with van der Waals surface area (Å²) >= 11 is 0. The second-order valence-corrected chi connectivity index (χ2v) is 8.61. The van der Waals surface area contributed by atoms with Crippen molar-refractivity contribution in [3.8, 4) is 0 Å². The van der Waals surface area contributed by atoms with Crippen LogP contribution in [0.5, 0.6) is 0 Å². The van der Waals surface area contributed by atoms with Crippen molar-refractivity contribution in [3.63, 3.8) is 0 Å². The highest BCUT2D eigenvalue weighted by atomic mass is 16.2. The Labute approximate surface area is 153 Å². The first-order valence-corrected chi connectivity index (χ1v) is 9.08. The molecule has 0 aliphatic carbocycles. The number of likely N-dealkylation sites (tertiary alicyclic amines) is 1. The summed E-state index contributed by atoms with van der Waals surface area (Å²) in [5.74, 6) is -1.56. The number of carbonyl (C=O) groups excluding carboxylic acids is 3. The van der Waals surface area contributed by atoms with Crippen LogP contribution in [0.1, 0.15) is 38.8 Å². The Kier molecular flexibility index (Phi) is 3.46. The number of hydrogen-bond acceptors (Lipinski definition) is 4. The number of ketones is 1. The molecule has 1 aromatic rings. The highest BCUT2D eigenvalue weighted by Gasteiger charge is 2.64.